The number of rotatable bonds is 5. The van der Waals surface area contributed by atoms with E-state index in [1.807, 2.05) is 23.8 Å². The summed E-state index contributed by atoms with van der Waals surface area (Å²) in [5, 5.41) is 0. The Bertz CT molecular complexity index is 212. The van der Waals surface area contributed by atoms with Crippen molar-refractivity contribution in [2.75, 3.05) is 6.26 Å². The molecular formula is C11H18S2. The van der Waals surface area contributed by atoms with E-state index in [0.29, 0.717) is 0 Å². The minimum atomic E-state index is 1.13. The molecule has 0 aliphatic heterocycles. The van der Waals surface area contributed by atoms with Gasteiger partial charge in [-0.1, -0.05) is 52.3 Å². The fourth-order valence-electron chi connectivity index (χ4n) is 0.759. The zero-order valence-corrected chi connectivity index (χ0v) is 10.5. The van der Waals surface area contributed by atoms with Crippen LogP contribution >= 0.6 is 21.6 Å². The highest BCUT2D eigenvalue weighted by molar-refractivity contribution is 8.78. The van der Waals surface area contributed by atoms with Crippen LogP contribution in [0.15, 0.2) is 34.8 Å². The van der Waals surface area contributed by atoms with Gasteiger partial charge in [0.2, 0.25) is 0 Å². The first-order valence-electron chi connectivity index (χ1n) is 4.46. The van der Waals surface area contributed by atoms with Crippen molar-refractivity contribution in [3.63, 3.8) is 0 Å². The van der Waals surface area contributed by atoms with Gasteiger partial charge in [0.1, 0.15) is 0 Å². The minimum Gasteiger partial charge on any atom is -0.0924 e. The molecule has 0 aromatic carbocycles. The Morgan fingerprint density at radius 2 is 2.00 bits per heavy atom. The molecule has 0 nitrogen and oxygen atoms in total. The van der Waals surface area contributed by atoms with E-state index >= 15 is 0 Å². The van der Waals surface area contributed by atoms with E-state index in [1.165, 1.54) is 10.5 Å². The van der Waals surface area contributed by atoms with Gasteiger partial charge in [0.15, 0.2) is 0 Å². The second-order valence-electron chi connectivity index (χ2n) is 2.63. The Kier molecular flexibility index (Phi) is 8.46. The summed E-state index contributed by atoms with van der Waals surface area (Å²) in [6.45, 7) is 6.42. The Labute approximate surface area is 90.0 Å². The third-order valence-electron chi connectivity index (χ3n) is 1.68. The van der Waals surface area contributed by atoms with Crippen LogP contribution in [0.4, 0.5) is 0 Å². The first-order valence-corrected chi connectivity index (χ1v) is 7.01. The van der Waals surface area contributed by atoms with Crippen molar-refractivity contribution >= 4 is 21.6 Å². The van der Waals surface area contributed by atoms with E-state index in [2.05, 4.69) is 38.3 Å². The van der Waals surface area contributed by atoms with Crippen LogP contribution in [0, 0.1) is 0 Å². The lowest BCUT2D eigenvalue weighted by atomic mass is 10.2. The van der Waals surface area contributed by atoms with E-state index in [9.17, 15) is 0 Å². The van der Waals surface area contributed by atoms with Crippen molar-refractivity contribution in [1.82, 2.24) is 0 Å². The van der Waals surface area contributed by atoms with Gasteiger partial charge in [-0.05, 0) is 32.6 Å². The first-order chi connectivity index (χ1) is 6.26. The summed E-state index contributed by atoms with van der Waals surface area (Å²) in [7, 11) is 3.63. The summed E-state index contributed by atoms with van der Waals surface area (Å²) in [4.78, 5) is 1.38. The van der Waals surface area contributed by atoms with Crippen molar-refractivity contribution < 1.29 is 0 Å². The van der Waals surface area contributed by atoms with Gasteiger partial charge in [-0.2, -0.15) is 0 Å². The molecule has 0 saturated heterocycles. The van der Waals surface area contributed by atoms with Gasteiger partial charge in [-0.15, -0.1) is 0 Å². The summed E-state index contributed by atoms with van der Waals surface area (Å²) in [5.74, 6) is 0. The molecule has 0 radical (unpaired) electrons. The maximum atomic E-state index is 2.19. The maximum absolute atomic E-state index is 2.19. The SMILES string of the molecule is C\C=C/C=C\C(SSC)=C(\C)CC. The van der Waals surface area contributed by atoms with Crippen molar-refractivity contribution in [2.45, 2.75) is 27.2 Å². The van der Waals surface area contributed by atoms with Crippen LogP contribution in [0.3, 0.4) is 0 Å². The molecule has 2 heteroatoms. The molecule has 0 saturated carbocycles. The second kappa shape index (κ2) is 8.52. The number of allylic oxidation sites excluding steroid dienone is 5. The van der Waals surface area contributed by atoms with Crippen molar-refractivity contribution in [1.29, 1.82) is 0 Å². The molecule has 0 fully saturated rings. The quantitative estimate of drug-likeness (QED) is 0.475. The lowest BCUT2D eigenvalue weighted by Gasteiger charge is -2.02. The molecular weight excluding hydrogens is 196 g/mol. The highest BCUT2D eigenvalue weighted by Crippen LogP contribution is 2.31. The average Bonchev–Trinajstić information content (AvgIpc) is 2.16. The van der Waals surface area contributed by atoms with Gasteiger partial charge in [-0.25, -0.2) is 0 Å². The largest absolute Gasteiger partial charge is 0.0924 e. The molecule has 0 N–H and O–H groups in total. The van der Waals surface area contributed by atoms with Crippen molar-refractivity contribution in [2.24, 2.45) is 0 Å². The van der Waals surface area contributed by atoms with Crippen LogP contribution in [0.2, 0.25) is 0 Å². The molecule has 0 aliphatic rings. The molecule has 0 bridgehead atoms. The van der Waals surface area contributed by atoms with Gasteiger partial charge in [-0.3, -0.25) is 0 Å². The first kappa shape index (κ1) is 12.9. The molecule has 0 atom stereocenters. The zero-order chi connectivity index (χ0) is 10.1. The molecule has 74 valence electrons. The predicted molar refractivity (Wildman–Crippen MR) is 68.1 cm³/mol. The fourth-order valence-corrected chi connectivity index (χ4v) is 2.49. The highest BCUT2D eigenvalue weighted by Gasteiger charge is 1.96. The molecule has 0 amide bonds. The molecule has 0 unspecified atom stereocenters. The van der Waals surface area contributed by atoms with Gasteiger partial charge < -0.3 is 0 Å². The van der Waals surface area contributed by atoms with Crippen molar-refractivity contribution in [3.8, 4) is 0 Å². The van der Waals surface area contributed by atoms with E-state index in [-0.39, 0.29) is 0 Å². The summed E-state index contributed by atoms with van der Waals surface area (Å²) < 4.78 is 0. The van der Waals surface area contributed by atoms with Crippen molar-refractivity contribution in [3.05, 3.63) is 34.8 Å². The van der Waals surface area contributed by atoms with Crippen LogP contribution < -0.4 is 0 Å². The van der Waals surface area contributed by atoms with Crippen LogP contribution in [0.1, 0.15) is 27.2 Å². The molecule has 0 aliphatic carbocycles. The van der Waals surface area contributed by atoms with Crippen LogP contribution in [0.5, 0.6) is 0 Å². The standard InChI is InChI=1S/C11H18S2/c1-5-7-8-9-11(13-12-4)10(3)6-2/h5,7-9H,6H2,1-4H3/b7-5-,9-8-,11-10+. The normalized spacial score (nSPS) is 14.2. The third-order valence-corrected chi connectivity index (χ3v) is 3.54. The third kappa shape index (κ3) is 6.05. The average molecular weight is 214 g/mol. The summed E-state index contributed by atoms with van der Waals surface area (Å²) in [6, 6.07) is 0. The highest BCUT2D eigenvalue weighted by atomic mass is 33.1. The van der Waals surface area contributed by atoms with Gasteiger partial charge >= 0.3 is 0 Å². The monoisotopic (exact) mass is 214 g/mol. The van der Waals surface area contributed by atoms with Gasteiger partial charge in [0, 0.05) is 4.91 Å². The molecule has 0 heterocycles. The fraction of sp³-hybridized carbons (Fsp3) is 0.455. The Morgan fingerprint density at radius 3 is 2.46 bits per heavy atom. The molecule has 0 aromatic heterocycles. The molecule has 0 aromatic rings. The predicted octanol–water partition coefficient (Wildman–Crippen LogP) is 4.81. The number of hydrogen-bond donors (Lipinski definition) is 0. The van der Waals surface area contributed by atoms with E-state index in [0.717, 1.165) is 6.42 Å². The van der Waals surface area contributed by atoms with E-state index in [4.69, 9.17) is 0 Å². The molecule has 0 spiro atoms. The molecule has 0 rings (SSSR count). The second-order valence-corrected chi connectivity index (χ2v) is 5.07. The smallest absolute Gasteiger partial charge is 0.0171 e. The van der Waals surface area contributed by atoms with Gasteiger partial charge in [0.05, 0.1) is 0 Å². The number of hydrogen-bond acceptors (Lipinski definition) is 2. The van der Waals surface area contributed by atoms with Crippen LogP contribution in [-0.4, -0.2) is 6.26 Å². The Morgan fingerprint density at radius 1 is 1.31 bits per heavy atom. The lowest BCUT2D eigenvalue weighted by Crippen LogP contribution is -1.77. The Balaban J connectivity index is 4.42. The van der Waals surface area contributed by atoms with Gasteiger partial charge in [0.25, 0.3) is 0 Å². The summed E-state index contributed by atoms with van der Waals surface area (Å²) >= 11 is 0. The topological polar surface area (TPSA) is 0 Å². The zero-order valence-electron chi connectivity index (χ0n) is 8.83. The summed E-state index contributed by atoms with van der Waals surface area (Å²) in [6.07, 6.45) is 11.6. The lowest BCUT2D eigenvalue weighted by molar-refractivity contribution is 1.09. The van der Waals surface area contributed by atoms with E-state index < -0.39 is 0 Å². The van der Waals surface area contributed by atoms with Crippen LogP contribution in [-0.2, 0) is 0 Å². The summed E-state index contributed by atoms with van der Waals surface area (Å²) in [5.41, 5.74) is 1.46. The van der Waals surface area contributed by atoms with Crippen LogP contribution in [0.25, 0.3) is 0 Å². The Hall–Kier alpha value is -0.0800. The maximum Gasteiger partial charge on any atom is 0.0171 e. The molecule has 13 heavy (non-hydrogen) atoms. The minimum absolute atomic E-state index is 1.13. The van der Waals surface area contributed by atoms with E-state index in [1.54, 1.807) is 10.8 Å².